The molecule has 0 heterocycles. The van der Waals surface area contributed by atoms with Crippen molar-refractivity contribution in [2.24, 2.45) is 5.92 Å². The van der Waals surface area contributed by atoms with E-state index >= 15 is 0 Å². The highest BCUT2D eigenvalue weighted by Crippen LogP contribution is 2.16. The summed E-state index contributed by atoms with van der Waals surface area (Å²) >= 11 is 0. The van der Waals surface area contributed by atoms with Crippen molar-refractivity contribution >= 4 is 11.9 Å². The Balaban J connectivity index is 2.11. The molecule has 0 aliphatic heterocycles. The summed E-state index contributed by atoms with van der Waals surface area (Å²) in [6.45, 7) is 1.53. The number of aliphatic carboxylic acids is 1. The van der Waals surface area contributed by atoms with Crippen LogP contribution in [0.4, 0.5) is 4.39 Å². The zero-order valence-corrected chi connectivity index (χ0v) is 13.5. The van der Waals surface area contributed by atoms with Crippen LogP contribution in [0.2, 0.25) is 0 Å². The minimum Gasteiger partial charge on any atom is -0.480 e. The average molecular weight is 329 g/mol. The largest absolute Gasteiger partial charge is 0.480 e. The molecule has 126 valence electrons. The molecule has 2 aromatic carbocycles. The molecule has 5 heteroatoms. The van der Waals surface area contributed by atoms with Crippen molar-refractivity contribution in [3.8, 4) is 0 Å². The van der Waals surface area contributed by atoms with E-state index in [9.17, 15) is 14.0 Å². The number of benzene rings is 2. The molecule has 4 nitrogen and oxygen atoms in total. The lowest BCUT2D eigenvalue weighted by atomic mass is 9.99. The van der Waals surface area contributed by atoms with Gasteiger partial charge in [-0.05, 0) is 23.6 Å². The van der Waals surface area contributed by atoms with Crippen LogP contribution in [0, 0.1) is 11.7 Å². The first-order valence-electron chi connectivity index (χ1n) is 7.75. The van der Waals surface area contributed by atoms with Crippen LogP contribution in [0.25, 0.3) is 0 Å². The maximum Gasteiger partial charge on any atom is 0.323 e. The number of carboxylic acid groups (broad SMARTS) is 1. The molecule has 0 saturated carbocycles. The lowest BCUT2D eigenvalue weighted by Crippen LogP contribution is -2.39. The lowest BCUT2D eigenvalue weighted by molar-refractivity contribution is -0.146. The van der Waals surface area contributed by atoms with Crippen molar-refractivity contribution in [3.63, 3.8) is 0 Å². The van der Waals surface area contributed by atoms with Crippen LogP contribution in [-0.2, 0) is 22.6 Å². The topological polar surface area (TPSA) is 57.6 Å². The Morgan fingerprint density at radius 1 is 1.08 bits per heavy atom. The fraction of sp³-hybridized carbons (Fsp3) is 0.263. The van der Waals surface area contributed by atoms with E-state index in [1.54, 1.807) is 25.1 Å². The summed E-state index contributed by atoms with van der Waals surface area (Å²) < 4.78 is 13.8. The Kier molecular flexibility index (Phi) is 6.07. The predicted molar refractivity (Wildman–Crippen MR) is 88.8 cm³/mol. The van der Waals surface area contributed by atoms with E-state index in [0.29, 0.717) is 5.56 Å². The maximum atomic E-state index is 13.8. The van der Waals surface area contributed by atoms with Crippen molar-refractivity contribution < 1.29 is 19.1 Å². The molecular weight excluding hydrogens is 309 g/mol. The quantitative estimate of drug-likeness (QED) is 0.849. The predicted octanol–water partition coefficient (Wildman–Crippen LogP) is 3.12. The Labute approximate surface area is 140 Å². The molecule has 2 rings (SSSR count). The number of halogens is 1. The van der Waals surface area contributed by atoms with Gasteiger partial charge < -0.3 is 10.0 Å². The summed E-state index contributed by atoms with van der Waals surface area (Å²) in [5.74, 6) is -2.24. The Morgan fingerprint density at radius 3 is 2.33 bits per heavy atom. The van der Waals surface area contributed by atoms with Gasteiger partial charge in [-0.2, -0.15) is 0 Å². The third kappa shape index (κ3) is 4.91. The molecule has 0 aliphatic rings. The van der Waals surface area contributed by atoms with Gasteiger partial charge in [0.1, 0.15) is 12.4 Å². The van der Waals surface area contributed by atoms with Gasteiger partial charge in [0.15, 0.2) is 0 Å². The van der Waals surface area contributed by atoms with E-state index in [0.717, 1.165) is 5.56 Å². The smallest absolute Gasteiger partial charge is 0.323 e. The molecule has 1 amide bonds. The van der Waals surface area contributed by atoms with Crippen molar-refractivity contribution in [1.82, 2.24) is 4.90 Å². The Hall–Kier alpha value is -2.69. The van der Waals surface area contributed by atoms with Crippen molar-refractivity contribution in [1.29, 1.82) is 0 Å². The first-order valence-corrected chi connectivity index (χ1v) is 7.75. The highest BCUT2D eigenvalue weighted by Gasteiger charge is 2.23. The number of rotatable bonds is 7. The van der Waals surface area contributed by atoms with Gasteiger partial charge in [0.05, 0.1) is 0 Å². The van der Waals surface area contributed by atoms with Gasteiger partial charge in [0.2, 0.25) is 5.91 Å². The van der Waals surface area contributed by atoms with E-state index in [4.69, 9.17) is 5.11 Å². The number of carbonyl (C=O) groups excluding carboxylic acids is 1. The number of nitrogens with zero attached hydrogens (tertiary/aromatic N) is 1. The van der Waals surface area contributed by atoms with Crippen LogP contribution in [0.3, 0.4) is 0 Å². The van der Waals surface area contributed by atoms with Gasteiger partial charge in [0.25, 0.3) is 0 Å². The molecule has 0 aliphatic carbocycles. The SMILES string of the molecule is CC(Cc1ccccc1F)C(=O)N(CC(=O)O)Cc1ccccc1. The van der Waals surface area contributed by atoms with E-state index in [1.807, 2.05) is 30.3 Å². The average Bonchev–Trinajstić information content (AvgIpc) is 2.56. The highest BCUT2D eigenvalue weighted by atomic mass is 19.1. The fourth-order valence-corrected chi connectivity index (χ4v) is 2.57. The number of hydrogen-bond donors (Lipinski definition) is 1. The van der Waals surface area contributed by atoms with Crippen LogP contribution in [0.1, 0.15) is 18.1 Å². The van der Waals surface area contributed by atoms with Gasteiger partial charge >= 0.3 is 5.97 Å². The molecule has 0 radical (unpaired) electrons. The minimum atomic E-state index is -1.07. The van der Waals surface area contributed by atoms with Gasteiger partial charge in [-0.15, -0.1) is 0 Å². The second kappa shape index (κ2) is 8.24. The molecule has 2 aromatic rings. The van der Waals surface area contributed by atoms with Gasteiger partial charge in [0, 0.05) is 12.5 Å². The first kappa shape index (κ1) is 17.7. The molecule has 0 fully saturated rings. The van der Waals surface area contributed by atoms with E-state index in [2.05, 4.69) is 0 Å². The fourth-order valence-electron chi connectivity index (χ4n) is 2.57. The molecule has 1 atom stereocenters. The van der Waals surface area contributed by atoms with E-state index in [-0.39, 0.29) is 31.2 Å². The van der Waals surface area contributed by atoms with E-state index in [1.165, 1.54) is 11.0 Å². The summed E-state index contributed by atoms with van der Waals surface area (Å²) in [6.07, 6.45) is 0.233. The van der Waals surface area contributed by atoms with Crippen molar-refractivity contribution in [3.05, 3.63) is 71.5 Å². The molecule has 24 heavy (non-hydrogen) atoms. The summed E-state index contributed by atoms with van der Waals surface area (Å²) in [7, 11) is 0. The Morgan fingerprint density at radius 2 is 1.71 bits per heavy atom. The van der Waals surface area contributed by atoms with Gasteiger partial charge in [-0.25, -0.2) is 4.39 Å². The van der Waals surface area contributed by atoms with Crippen LogP contribution < -0.4 is 0 Å². The molecule has 0 spiro atoms. The second-order valence-electron chi connectivity index (χ2n) is 5.77. The number of amides is 1. The third-order valence-electron chi connectivity index (χ3n) is 3.76. The van der Waals surface area contributed by atoms with Crippen LogP contribution >= 0.6 is 0 Å². The maximum absolute atomic E-state index is 13.8. The highest BCUT2D eigenvalue weighted by molar-refractivity contribution is 5.83. The third-order valence-corrected chi connectivity index (χ3v) is 3.76. The second-order valence-corrected chi connectivity index (χ2v) is 5.77. The first-order chi connectivity index (χ1) is 11.5. The summed E-state index contributed by atoms with van der Waals surface area (Å²) in [6, 6.07) is 15.5. The lowest BCUT2D eigenvalue weighted by Gasteiger charge is -2.24. The van der Waals surface area contributed by atoms with Gasteiger partial charge in [-0.1, -0.05) is 55.5 Å². The molecule has 0 bridgehead atoms. The Bertz CT molecular complexity index is 703. The van der Waals surface area contributed by atoms with Gasteiger partial charge in [-0.3, -0.25) is 9.59 Å². The molecular formula is C19H20FNO3. The van der Waals surface area contributed by atoms with Crippen LogP contribution in [0.5, 0.6) is 0 Å². The summed E-state index contributed by atoms with van der Waals surface area (Å²) in [4.78, 5) is 25.0. The number of carbonyl (C=O) groups is 2. The van der Waals surface area contributed by atoms with Crippen LogP contribution in [0.15, 0.2) is 54.6 Å². The zero-order valence-electron chi connectivity index (χ0n) is 13.5. The minimum absolute atomic E-state index is 0.216. The number of carboxylic acids is 1. The zero-order chi connectivity index (χ0) is 17.5. The molecule has 0 aromatic heterocycles. The van der Waals surface area contributed by atoms with E-state index < -0.39 is 11.9 Å². The summed E-state index contributed by atoms with van der Waals surface area (Å²) in [5, 5.41) is 9.07. The molecule has 1 N–H and O–H groups in total. The number of hydrogen-bond acceptors (Lipinski definition) is 2. The normalized spacial score (nSPS) is 11.8. The summed E-state index contributed by atoms with van der Waals surface area (Å²) in [5.41, 5.74) is 1.30. The molecule has 0 saturated heterocycles. The standard InChI is InChI=1S/C19H20FNO3/c1-14(11-16-9-5-6-10-17(16)20)19(24)21(13-18(22)23)12-15-7-3-2-4-8-15/h2-10,14H,11-13H2,1H3,(H,22,23). The monoisotopic (exact) mass is 329 g/mol. The molecule has 1 unspecified atom stereocenters. The van der Waals surface area contributed by atoms with Crippen LogP contribution in [-0.4, -0.2) is 28.4 Å². The van der Waals surface area contributed by atoms with Crippen molar-refractivity contribution in [2.75, 3.05) is 6.54 Å². The van der Waals surface area contributed by atoms with Crippen molar-refractivity contribution in [2.45, 2.75) is 19.9 Å².